The molecule has 0 bridgehead atoms. The summed E-state index contributed by atoms with van der Waals surface area (Å²) in [5, 5.41) is 2.79. The summed E-state index contributed by atoms with van der Waals surface area (Å²) in [6, 6.07) is 3.84. The average Bonchev–Trinajstić information content (AvgIpc) is 2.24. The molecule has 0 atom stereocenters. The van der Waals surface area contributed by atoms with E-state index in [1.165, 1.54) is 7.11 Å². The number of amides is 1. The van der Waals surface area contributed by atoms with E-state index in [1.54, 1.807) is 0 Å². The molecular formula is C12H18N2O2. The van der Waals surface area contributed by atoms with Crippen LogP contribution in [0.2, 0.25) is 0 Å². The van der Waals surface area contributed by atoms with Crippen LogP contribution in [0.5, 0.6) is 0 Å². The summed E-state index contributed by atoms with van der Waals surface area (Å²) in [6.07, 6.45) is 0. The normalized spacial score (nSPS) is 10.2. The number of hydrogen-bond donors (Lipinski definition) is 2. The van der Waals surface area contributed by atoms with Crippen LogP contribution < -0.4 is 11.1 Å². The van der Waals surface area contributed by atoms with Crippen LogP contribution >= 0.6 is 0 Å². The summed E-state index contributed by atoms with van der Waals surface area (Å²) in [5.74, 6) is -0.122. The fourth-order valence-electron chi connectivity index (χ4n) is 1.55. The summed E-state index contributed by atoms with van der Waals surface area (Å²) in [6.45, 7) is 4.54. The molecule has 0 radical (unpaired) electrons. The summed E-state index contributed by atoms with van der Waals surface area (Å²) >= 11 is 0. The number of methoxy groups -OCH3 is 1. The number of anilines is 1. The van der Waals surface area contributed by atoms with Crippen molar-refractivity contribution in [3.8, 4) is 0 Å². The molecule has 0 fully saturated rings. The Morgan fingerprint density at radius 2 is 2.12 bits per heavy atom. The molecule has 0 heterocycles. The Labute approximate surface area is 95.8 Å². The van der Waals surface area contributed by atoms with Gasteiger partial charge in [-0.3, -0.25) is 4.79 Å². The lowest BCUT2D eigenvalue weighted by molar-refractivity contribution is -0.124. The average molecular weight is 222 g/mol. The Hall–Kier alpha value is -1.55. The van der Waals surface area contributed by atoms with Crippen LogP contribution in [0, 0.1) is 13.8 Å². The molecule has 1 aromatic rings. The number of benzene rings is 1. The van der Waals surface area contributed by atoms with Gasteiger partial charge >= 0.3 is 0 Å². The zero-order chi connectivity index (χ0) is 12.1. The minimum absolute atomic E-state index is 0.0837. The molecule has 16 heavy (non-hydrogen) atoms. The van der Waals surface area contributed by atoms with E-state index in [4.69, 9.17) is 10.5 Å². The topological polar surface area (TPSA) is 64.3 Å². The van der Waals surface area contributed by atoms with Gasteiger partial charge in [0.1, 0.15) is 6.61 Å². The van der Waals surface area contributed by atoms with E-state index >= 15 is 0 Å². The Balaban J connectivity index is 2.74. The molecule has 1 rings (SSSR count). The van der Waals surface area contributed by atoms with Crippen molar-refractivity contribution in [3.63, 3.8) is 0 Å². The highest BCUT2D eigenvalue weighted by Gasteiger charge is 2.07. The van der Waals surface area contributed by atoms with E-state index < -0.39 is 0 Å². The molecule has 0 aromatic heterocycles. The summed E-state index contributed by atoms with van der Waals surface area (Å²) in [4.78, 5) is 11.3. The van der Waals surface area contributed by atoms with E-state index in [0.717, 1.165) is 22.4 Å². The van der Waals surface area contributed by atoms with Gasteiger partial charge in [0.25, 0.3) is 0 Å². The molecule has 0 aliphatic heterocycles. The van der Waals surface area contributed by atoms with Gasteiger partial charge in [-0.15, -0.1) is 0 Å². The Morgan fingerprint density at radius 3 is 2.75 bits per heavy atom. The molecular weight excluding hydrogens is 204 g/mol. The number of carbonyl (C=O) groups is 1. The van der Waals surface area contributed by atoms with Gasteiger partial charge in [0.2, 0.25) is 5.91 Å². The lowest BCUT2D eigenvalue weighted by Crippen LogP contribution is -2.27. The van der Waals surface area contributed by atoms with E-state index in [-0.39, 0.29) is 12.5 Å². The van der Waals surface area contributed by atoms with Gasteiger partial charge in [0, 0.05) is 19.3 Å². The van der Waals surface area contributed by atoms with Crippen molar-refractivity contribution >= 4 is 11.6 Å². The number of hydrogen-bond acceptors (Lipinski definition) is 3. The summed E-state index contributed by atoms with van der Waals surface area (Å²) in [7, 11) is 1.50. The van der Waals surface area contributed by atoms with Crippen LogP contribution in [0.1, 0.15) is 16.7 Å². The fourth-order valence-corrected chi connectivity index (χ4v) is 1.55. The highest BCUT2D eigenvalue weighted by Crippen LogP contribution is 2.19. The van der Waals surface area contributed by atoms with E-state index in [9.17, 15) is 4.79 Å². The molecule has 0 aliphatic carbocycles. The van der Waals surface area contributed by atoms with Crippen molar-refractivity contribution in [1.29, 1.82) is 0 Å². The standard InChI is InChI=1S/C12H18N2O2/c1-8-4-5-11(13)9(2)10(8)6-14-12(15)7-16-3/h4-5H,6-7,13H2,1-3H3,(H,14,15). The molecule has 0 saturated carbocycles. The van der Waals surface area contributed by atoms with E-state index in [2.05, 4.69) is 5.32 Å². The maximum atomic E-state index is 11.3. The SMILES string of the molecule is COCC(=O)NCc1c(C)ccc(N)c1C. The zero-order valence-electron chi connectivity index (χ0n) is 9.96. The predicted octanol–water partition coefficient (Wildman–Crippen LogP) is 1.15. The van der Waals surface area contributed by atoms with Crippen molar-refractivity contribution in [2.24, 2.45) is 0 Å². The van der Waals surface area contributed by atoms with Crippen LogP contribution in [0.15, 0.2) is 12.1 Å². The van der Waals surface area contributed by atoms with Gasteiger partial charge < -0.3 is 15.8 Å². The second-order valence-electron chi connectivity index (χ2n) is 3.78. The number of nitrogen functional groups attached to an aromatic ring is 1. The zero-order valence-corrected chi connectivity index (χ0v) is 9.96. The highest BCUT2D eigenvalue weighted by atomic mass is 16.5. The highest BCUT2D eigenvalue weighted by molar-refractivity contribution is 5.77. The van der Waals surface area contributed by atoms with E-state index in [0.29, 0.717) is 6.54 Å². The second kappa shape index (κ2) is 5.51. The monoisotopic (exact) mass is 222 g/mol. The quantitative estimate of drug-likeness (QED) is 0.751. The predicted molar refractivity (Wildman–Crippen MR) is 64.1 cm³/mol. The first-order valence-electron chi connectivity index (χ1n) is 5.16. The van der Waals surface area contributed by atoms with Gasteiger partial charge in [-0.2, -0.15) is 0 Å². The summed E-state index contributed by atoms with van der Waals surface area (Å²) in [5.41, 5.74) is 9.80. The van der Waals surface area contributed by atoms with Crippen LogP contribution in [0.4, 0.5) is 5.69 Å². The number of nitrogens with two attached hydrogens (primary N) is 1. The van der Waals surface area contributed by atoms with Crippen molar-refractivity contribution in [1.82, 2.24) is 5.32 Å². The number of carbonyl (C=O) groups excluding carboxylic acids is 1. The van der Waals surface area contributed by atoms with Crippen LogP contribution in [0.25, 0.3) is 0 Å². The summed E-state index contributed by atoms with van der Waals surface area (Å²) < 4.78 is 4.74. The van der Waals surface area contributed by atoms with Crippen molar-refractivity contribution in [2.75, 3.05) is 19.5 Å². The van der Waals surface area contributed by atoms with Crippen LogP contribution in [-0.2, 0) is 16.1 Å². The van der Waals surface area contributed by atoms with Gasteiger partial charge in [-0.05, 0) is 36.6 Å². The first kappa shape index (κ1) is 12.5. The van der Waals surface area contributed by atoms with Gasteiger partial charge in [0.05, 0.1) is 0 Å². The third-order valence-electron chi connectivity index (χ3n) is 2.61. The van der Waals surface area contributed by atoms with Crippen molar-refractivity contribution in [2.45, 2.75) is 20.4 Å². The minimum Gasteiger partial charge on any atom is -0.399 e. The smallest absolute Gasteiger partial charge is 0.246 e. The molecule has 1 aromatic carbocycles. The third-order valence-corrected chi connectivity index (χ3v) is 2.61. The van der Waals surface area contributed by atoms with Gasteiger partial charge in [0.15, 0.2) is 0 Å². The van der Waals surface area contributed by atoms with Crippen molar-refractivity contribution < 1.29 is 9.53 Å². The molecule has 0 spiro atoms. The van der Waals surface area contributed by atoms with Gasteiger partial charge in [-0.1, -0.05) is 6.07 Å². The second-order valence-corrected chi connectivity index (χ2v) is 3.78. The number of nitrogens with one attached hydrogen (secondary N) is 1. The molecule has 3 N–H and O–H groups in total. The van der Waals surface area contributed by atoms with Crippen LogP contribution in [0.3, 0.4) is 0 Å². The Bertz CT molecular complexity index is 389. The van der Waals surface area contributed by atoms with Gasteiger partial charge in [-0.25, -0.2) is 0 Å². The minimum atomic E-state index is -0.122. The number of ether oxygens (including phenoxy) is 1. The molecule has 88 valence electrons. The lowest BCUT2D eigenvalue weighted by Gasteiger charge is -2.12. The molecule has 1 amide bonds. The molecule has 0 saturated heterocycles. The molecule has 4 nitrogen and oxygen atoms in total. The van der Waals surface area contributed by atoms with Crippen LogP contribution in [-0.4, -0.2) is 19.6 Å². The Morgan fingerprint density at radius 1 is 1.44 bits per heavy atom. The molecule has 0 unspecified atom stereocenters. The number of rotatable bonds is 4. The Kier molecular flexibility index (Phi) is 4.31. The fraction of sp³-hybridized carbons (Fsp3) is 0.417. The maximum Gasteiger partial charge on any atom is 0.246 e. The maximum absolute atomic E-state index is 11.3. The molecule has 0 aliphatic rings. The first-order valence-corrected chi connectivity index (χ1v) is 5.16. The van der Waals surface area contributed by atoms with E-state index in [1.807, 2.05) is 26.0 Å². The lowest BCUT2D eigenvalue weighted by atomic mass is 10.0. The largest absolute Gasteiger partial charge is 0.399 e. The van der Waals surface area contributed by atoms with Crippen molar-refractivity contribution in [3.05, 3.63) is 28.8 Å². The third kappa shape index (κ3) is 2.97. The molecule has 4 heteroatoms. The first-order chi connectivity index (χ1) is 7.56. The number of aryl methyl sites for hydroxylation is 1.